The van der Waals surface area contributed by atoms with E-state index < -0.39 is 0 Å². The van der Waals surface area contributed by atoms with Gasteiger partial charge in [0.1, 0.15) is 11.6 Å². The van der Waals surface area contributed by atoms with E-state index in [0.717, 1.165) is 11.3 Å². The summed E-state index contributed by atoms with van der Waals surface area (Å²) in [5, 5.41) is 4.73. The molecule has 1 aromatic carbocycles. The Morgan fingerprint density at radius 3 is 2.05 bits per heavy atom. The van der Waals surface area contributed by atoms with Crippen LogP contribution in [0, 0.1) is 0 Å². The molecule has 0 aliphatic carbocycles. The minimum Gasteiger partial charge on any atom is -0.331 e. The van der Waals surface area contributed by atoms with Gasteiger partial charge in [0.05, 0.1) is 0 Å². The smallest absolute Gasteiger partial charge is 0.187 e. The minimum absolute atomic E-state index is 0.112. The molecular weight excluding hydrogens is 298 g/mol. The Labute approximate surface area is 138 Å². The van der Waals surface area contributed by atoms with E-state index >= 15 is 0 Å². The van der Waals surface area contributed by atoms with E-state index in [1.54, 1.807) is 14.0 Å². The first-order chi connectivity index (χ1) is 10.2. The lowest BCUT2D eigenvalue weighted by Crippen LogP contribution is -2.36. The molecule has 0 amide bonds. The number of carbonyl (C=O) groups is 2. The summed E-state index contributed by atoms with van der Waals surface area (Å²) in [5.41, 5.74) is 1.74. The van der Waals surface area contributed by atoms with Gasteiger partial charge in [0.2, 0.25) is 0 Å². The van der Waals surface area contributed by atoms with E-state index in [-0.39, 0.29) is 11.6 Å². The molecule has 6 heteroatoms. The largest absolute Gasteiger partial charge is 0.331 e. The number of carbonyl (C=O) groups excluding carboxylic acids is 2. The molecule has 0 saturated carbocycles. The lowest BCUT2D eigenvalue weighted by Gasteiger charge is -2.17. The van der Waals surface area contributed by atoms with Gasteiger partial charge in [-0.3, -0.25) is 9.80 Å². The summed E-state index contributed by atoms with van der Waals surface area (Å²) in [6, 6.07) is 7.53. The maximum atomic E-state index is 11.1. The average molecular weight is 325 g/mol. The molecule has 0 aliphatic rings. The second-order valence-corrected chi connectivity index (χ2v) is 4.87. The lowest BCUT2D eigenvalue weighted by molar-refractivity contribution is -0.116. The van der Waals surface area contributed by atoms with E-state index in [1.165, 1.54) is 18.9 Å². The number of thiocarbonyl (C=S) groups is 1. The van der Waals surface area contributed by atoms with Crippen LogP contribution in [0.5, 0.6) is 0 Å². The van der Waals surface area contributed by atoms with Gasteiger partial charge in [-0.2, -0.15) is 0 Å². The molecule has 1 rings (SSSR count). The van der Waals surface area contributed by atoms with Crippen LogP contribution in [-0.2, 0) is 16.0 Å². The molecule has 124 valence electrons. The van der Waals surface area contributed by atoms with E-state index in [0.29, 0.717) is 11.5 Å². The van der Waals surface area contributed by atoms with Crippen molar-refractivity contribution in [1.29, 1.82) is 0 Å². The molecule has 0 bridgehead atoms. The van der Waals surface area contributed by atoms with Crippen molar-refractivity contribution >= 4 is 34.6 Å². The second-order valence-electron chi connectivity index (χ2n) is 4.49. The Bertz CT molecular complexity index is 484. The lowest BCUT2D eigenvalue weighted by atomic mass is 10.1. The van der Waals surface area contributed by atoms with Gasteiger partial charge in [0, 0.05) is 19.2 Å². The normalized spacial score (nSPS) is 8.50. The van der Waals surface area contributed by atoms with Crippen LogP contribution in [0.25, 0.3) is 0 Å². The van der Waals surface area contributed by atoms with Crippen molar-refractivity contribution in [2.75, 3.05) is 12.4 Å². The third-order valence-corrected chi connectivity index (χ3v) is 2.41. The monoisotopic (exact) mass is 325 g/mol. The van der Waals surface area contributed by atoms with Crippen LogP contribution in [0.15, 0.2) is 24.3 Å². The molecule has 3 N–H and O–H groups in total. The van der Waals surface area contributed by atoms with Crippen molar-refractivity contribution in [2.24, 2.45) is 5.84 Å². The molecule has 0 radical (unpaired) electrons. The summed E-state index contributed by atoms with van der Waals surface area (Å²) < 4.78 is 0. The summed E-state index contributed by atoms with van der Waals surface area (Å²) in [4.78, 5) is 20.5. The van der Waals surface area contributed by atoms with Gasteiger partial charge in [0.15, 0.2) is 5.11 Å². The number of anilines is 1. The van der Waals surface area contributed by atoms with Crippen molar-refractivity contribution in [2.45, 2.75) is 41.0 Å². The molecule has 0 aliphatic heterocycles. The van der Waals surface area contributed by atoms with Gasteiger partial charge >= 0.3 is 0 Å². The molecule has 0 heterocycles. The number of rotatable bonds is 3. The zero-order chi connectivity index (χ0) is 17.7. The summed E-state index contributed by atoms with van der Waals surface area (Å²) in [6.07, 6.45) is 0.389. The molecule has 0 aromatic heterocycles. The van der Waals surface area contributed by atoms with Crippen LogP contribution >= 0.6 is 12.2 Å². The van der Waals surface area contributed by atoms with E-state index in [1.807, 2.05) is 38.1 Å². The summed E-state index contributed by atoms with van der Waals surface area (Å²) in [6.45, 7) is 8.62. The maximum Gasteiger partial charge on any atom is 0.187 e. The van der Waals surface area contributed by atoms with Gasteiger partial charge in [-0.05, 0) is 44.6 Å². The first kappa shape index (κ1) is 22.5. The predicted molar refractivity (Wildman–Crippen MR) is 96.7 cm³/mol. The number of nitrogens with two attached hydrogens (primary N) is 1. The Balaban J connectivity index is 0. The quantitative estimate of drug-likeness (QED) is 0.505. The molecule has 5 nitrogen and oxygen atoms in total. The number of benzene rings is 1. The fourth-order valence-corrected chi connectivity index (χ4v) is 1.38. The molecule has 22 heavy (non-hydrogen) atoms. The molecule has 1 aromatic rings. The van der Waals surface area contributed by atoms with Crippen LogP contribution in [0.4, 0.5) is 5.69 Å². The van der Waals surface area contributed by atoms with Crippen molar-refractivity contribution < 1.29 is 9.59 Å². The van der Waals surface area contributed by atoms with Crippen LogP contribution in [0.3, 0.4) is 0 Å². The number of nitrogens with zero attached hydrogens (tertiary/aromatic N) is 1. The summed E-state index contributed by atoms with van der Waals surface area (Å²) in [5.74, 6) is 5.78. The third kappa shape index (κ3) is 12.0. The maximum absolute atomic E-state index is 11.1. The second kappa shape index (κ2) is 12.9. The topological polar surface area (TPSA) is 75.4 Å². The van der Waals surface area contributed by atoms with Gasteiger partial charge in [-0.15, -0.1) is 0 Å². The predicted octanol–water partition coefficient (Wildman–Crippen LogP) is 2.94. The van der Waals surface area contributed by atoms with Crippen molar-refractivity contribution in [3.63, 3.8) is 0 Å². The number of ketones is 2. The highest BCUT2D eigenvalue weighted by Crippen LogP contribution is 2.16. The van der Waals surface area contributed by atoms with Crippen LogP contribution in [0.2, 0.25) is 0 Å². The minimum atomic E-state index is 0.112. The number of nitrogens with one attached hydrogen (secondary N) is 1. The summed E-state index contributed by atoms with van der Waals surface area (Å²) in [7, 11) is 1.66. The Morgan fingerprint density at radius 2 is 1.64 bits per heavy atom. The molecular formula is C16H27N3O2S. The number of hydrazine groups is 1. The molecule has 0 atom stereocenters. The first-order valence-electron chi connectivity index (χ1n) is 7.08. The number of para-hydroxylation sites is 1. The Morgan fingerprint density at radius 1 is 1.18 bits per heavy atom. The van der Waals surface area contributed by atoms with E-state index in [4.69, 9.17) is 18.1 Å². The van der Waals surface area contributed by atoms with Gasteiger partial charge in [-0.25, -0.2) is 5.84 Å². The molecule has 0 unspecified atom stereocenters. The van der Waals surface area contributed by atoms with Crippen LogP contribution < -0.4 is 11.2 Å². The van der Waals surface area contributed by atoms with Crippen LogP contribution in [-0.4, -0.2) is 28.7 Å². The van der Waals surface area contributed by atoms with Crippen molar-refractivity contribution in [1.82, 2.24) is 5.01 Å². The fourth-order valence-electron chi connectivity index (χ4n) is 1.27. The van der Waals surface area contributed by atoms with Crippen LogP contribution in [0.1, 0.15) is 40.2 Å². The van der Waals surface area contributed by atoms with Gasteiger partial charge < -0.3 is 10.1 Å². The highest BCUT2D eigenvalue weighted by atomic mass is 32.1. The number of hydrogen-bond donors (Lipinski definition) is 2. The highest BCUT2D eigenvalue weighted by Gasteiger charge is 2.06. The zero-order valence-electron chi connectivity index (χ0n) is 14.3. The van der Waals surface area contributed by atoms with Crippen molar-refractivity contribution in [3.05, 3.63) is 29.8 Å². The Kier molecular flexibility index (Phi) is 13.2. The van der Waals surface area contributed by atoms with E-state index in [2.05, 4.69) is 5.32 Å². The average Bonchev–Trinajstić information content (AvgIpc) is 2.42. The SMILES string of the molecule is CC.CC(=O)Cc1ccccc1NC(=S)N(C)N.CC(C)=O. The number of Topliss-reactive ketones (excluding diaryl/α,β-unsaturated/α-hetero) is 2. The zero-order valence-corrected chi connectivity index (χ0v) is 15.1. The molecule has 0 spiro atoms. The first-order valence-corrected chi connectivity index (χ1v) is 7.48. The van der Waals surface area contributed by atoms with Gasteiger partial charge in [-0.1, -0.05) is 32.0 Å². The van der Waals surface area contributed by atoms with E-state index in [9.17, 15) is 9.59 Å². The highest BCUT2D eigenvalue weighted by molar-refractivity contribution is 7.80. The van der Waals surface area contributed by atoms with Crippen molar-refractivity contribution in [3.8, 4) is 0 Å². The van der Waals surface area contributed by atoms with Gasteiger partial charge in [0.25, 0.3) is 0 Å². The third-order valence-electron chi connectivity index (χ3n) is 2.02. The number of hydrogen-bond acceptors (Lipinski definition) is 4. The summed E-state index contributed by atoms with van der Waals surface area (Å²) >= 11 is 5.04. The Hall–Kier alpha value is -1.79. The standard InChI is InChI=1S/C11H15N3OS.C3H6O.C2H6/c1-8(15)7-9-5-3-4-6-10(9)13-11(16)14(2)12;1-3(2)4;1-2/h3-6H,7,12H2,1-2H3,(H,13,16);1-2H3;1-2H3. The molecule has 0 saturated heterocycles. The molecule has 0 fully saturated rings. The fraction of sp³-hybridized carbons (Fsp3) is 0.438.